The molecule has 116 valence electrons. The van der Waals surface area contributed by atoms with E-state index < -0.39 is 6.10 Å². The monoisotopic (exact) mass is 292 g/mol. The van der Waals surface area contributed by atoms with Crippen LogP contribution >= 0.6 is 0 Å². The molecule has 21 heavy (non-hydrogen) atoms. The van der Waals surface area contributed by atoms with Crippen molar-refractivity contribution in [3.63, 3.8) is 0 Å². The summed E-state index contributed by atoms with van der Waals surface area (Å²) in [6, 6.07) is 8.84. The van der Waals surface area contributed by atoms with E-state index in [1.807, 2.05) is 13.0 Å². The number of nitrogens with one attached hydrogen (secondary N) is 1. The van der Waals surface area contributed by atoms with Gasteiger partial charge in [-0.2, -0.15) is 5.26 Å². The van der Waals surface area contributed by atoms with Crippen LogP contribution in [-0.2, 0) is 0 Å². The number of ether oxygens (including phenoxy) is 1. The van der Waals surface area contributed by atoms with E-state index in [1.54, 1.807) is 24.3 Å². The number of rotatable bonds is 10. The second-order valence-corrected chi connectivity index (χ2v) is 5.24. The molecule has 0 saturated carbocycles. The van der Waals surface area contributed by atoms with Crippen molar-refractivity contribution in [1.82, 2.24) is 5.32 Å². The molecule has 0 aliphatic heterocycles. The van der Waals surface area contributed by atoms with Crippen molar-refractivity contribution in [2.45, 2.75) is 25.9 Å². The van der Waals surface area contributed by atoms with E-state index in [0.717, 1.165) is 19.4 Å². The lowest BCUT2D eigenvalue weighted by Gasteiger charge is -2.14. The molecule has 0 radical (unpaired) electrons. The van der Waals surface area contributed by atoms with Crippen molar-refractivity contribution >= 4 is 0 Å². The van der Waals surface area contributed by atoms with Gasteiger partial charge in [0.1, 0.15) is 18.5 Å². The Hall–Kier alpha value is -1.61. The molecule has 0 bridgehead atoms. The Labute approximate surface area is 126 Å². The number of hydrogen-bond donors (Lipinski definition) is 3. The third-order valence-corrected chi connectivity index (χ3v) is 3.17. The summed E-state index contributed by atoms with van der Waals surface area (Å²) in [6.45, 7) is 3.75. The predicted octanol–water partition coefficient (Wildman–Crippen LogP) is 1.30. The first-order valence-electron chi connectivity index (χ1n) is 7.28. The molecule has 0 aromatic heterocycles. The largest absolute Gasteiger partial charge is 0.491 e. The summed E-state index contributed by atoms with van der Waals surface area (Å²) < 4.78 is 5.45. The highest BCUT2D eigenvalue weighted by Gasteiger charge is 2.05. The fourth-order valence-corrected chi connectivity index (χ4v) is 1.81. The quantitative estimate of drug-likeness (QED) is 0.566. The van der Waals surface area contributed by atoms with Gasteiger partial charge in [-0.1, -0.05) is 6.92 Å². The van der Waals surface area contributed by atoms with Crippen LogP contribution in [0.1, 0.15) is 25.3 Å². The minimum absolute atomic E-state index is 0.214. The molecular weight excluding hydrogens is 268 g/mol. The maximum absolute atomic E-state index is 9.79. The molecule has 0 saturated heterocycles. The van der Waals surface area contributed by atoms with Gasteiger partial charge in [-0.15, -0.1) is 0 Å². The van der Waals surface area contributed by atoms with Crippen LogP contribution in [0.5, 0.6) is 5.75 Å². The predicted molar refractivity (Wildman–Crippen MR) is 81.0 cm³/mol. The van der Waals surface area contributed by atoms with E-state index in [0.29, 0.717) is 23.8 Å². The average Bonchev–Trinajstić information content (AvgIpc) is 2.52. The van der Waals surface area contributed by atoms with Gasteiger partial charge < -0.3 is 20.3 Å². The van der Waals surface area contributed by atoms with Crippen LogP contribution in [-0.4, -0.2) is 42.6 Å². The first kappa shape index (κ1) is 17.4. The van der Waals surface area contributed by atoms with E-state index in [4.69, 9.17) is 15.1 Å². The zero-order valence-corrected chi connectivity index (χ0v) is 12.5. The fourth-order valence-electron chi connectivity index (χ4n) is 1.81. The van der Waals surface area contributed by atoms with Crippen LogP contribution in [0.4, 0.5) is 0 Å². The van der Waals surface area contributed by atoms with Crippen molar-refractivity contribution in [2.24, 2.45) is 5.92 Å². The third-order valence-electron chi connectivity index (χ3n) is 3.17. The Morgan fingerprint density at radius 3 is 2.67 bits per heavy atom. The van der Waals surface area contributed by atoms with E-state index >= 15 is 0 Å². The van der Waals surface area contributed by atoms with Crippen LogP contribution in [0, 0.1) is 17.2 Å². The van der Waals surface area contributed by atoms with Gasteiger partial charge in [-0.05, 0) is 49.6 Å². The maximum atomic E-state index is 9.79. The highest BCUT2D eigenvalue weighted by Crippen LogP contribution is 2.11. The Kier molecular flexibility index (Phi) is 8.44. The average molecular weight is 292 g/mol. The van der Waals surface area contributed by atoms with Gasteiger partial charge in [0.05, 0.1) is 11.6 Å². The highest BCUT2D eigenvalue weighted by atomic mass is 16.5. The molecule has 5 heteroatoms. The second kappa shape index (κ2) is 10.2. The molecule has 0 fully saturated rings. The zero-order valence-electron chi connectivity index (χ0n) is 12.5. The maximum Gasteiger partial charge on any atom is 0.119 e. The van der Waals surface area contributed by atoms with Gasteiger partial charge in [-0.3, -0.25) is 0 Å². The molecule has 0 amide bonds. The minimum atomic E-state index is -0.573. The number of nitriles is 1. The SMILES string of the molecule is CC(CO)CCCNCC(O)COc1ccc(C#N)cc1. The van der Waals surface area contributed by atoms with Gasteiger partial charge >= 0.3 is 0 Å². The Morgan fingerprint density at radius 2 is 2.05 bits per heavy atom. The van der Waals surface area contributed by atoms with Gasteiger partial charge in [0.2, 0.25) is 0 Å². The summed E-state index contributed by atoms with van der Waals surface area (Å²) in [5.74, 6) is 0.973. The van der Waals surface area contributed by atoms with Crippen molar-refractivity contribution < 1.29 is 14.9 Å². The highest BCUT2D eigenvalue weighted by molar-refractivity contribution is 5.34. The minimum Gasteiger partial charge on any atom is -0.491 e. The molecule has 1 aromatic rings. The third kappa shape index (κ3) is 7.66. The number of aliphatic hydroxyl groups is 2. The molecular formula is C16H24N2O3. The molecule has 0 spiro atoms. The van der Waals surface area contributed by atoms with Crippen molar-refractivity contribution in [1.29, 1.82) is 5.26 Å². The van der Waals surface area contributed by atoms with Gasteiger partial charge in [0.15, 0.2) is 0 Å². The lowest BCUT2D eigenvalue weighted by molar-refractivity contribution is 0.106. The second-order valence-electron chi connectivity index (χ2n) is 5.24. The van der Waals surface area contributed by atoms with Crippen molar-refractivity contribution in [3.05, 3.63) is 29.8 Å². The van der Waals surface area contributed by atoms with Crippen molar-refractivity contribution in [2.75, 3.05) is 26.3 Å². The summed E-state index contributed by atoms with van der Waals surface area (Å²) in [5.41, 5.74) is 0.585. The summed E-state index contributed by atoms with van der Waals surface area (Å²) in [5, 5.41) is 30.5. The van der Waals surface area contributed by atoms with Crippen molar-refractivity contribution in [3.8, 4) is 11.8 Å². The standard InChI is InChI=1S/C16H24N2O3/c1-13(11-19)3-2-8-18-10-15(20)12-21-16-6-4-14(9-17)5-7-16/h4-7,13,15,18-20H,2-3,8,10-12H2,1H3. The zero-order chi connectivity index (χ0) is 15.5. The molecule has 2 unspecified atom stereocenters. The molecule has 5 nitrogen and oxygen atoms in total. The Morgan fingerprint density at radius 1 is 1.33 bits per heavy atom. The lowest BCUT2D eigenvalue weighted by atomic mass is 10.1. The number of hydrogen-bond acceptors (Lipinski definition) is 5. The summed E-state index contributed by atoms with van der Waals surface area (Å²) in [7, 11) is 0. The molecule has 2 atom stereocenters. The Bertz CT molecular complexity index is 428. The molecule has 3 N–H and O–H groups in total. The summed E-state index contributed by atoms with van der Waals surface area (Å²) in [6.07, 6.45) is 1.38. The van der Waals surface area contributed by atoms with Crippen LogP contribution in [0.3, 0.4) is 0 Å². The van der Waals surface area contributed by atoms with Gasteiger partial charge in [0, 0.05) is 13.2 Å². The number of aliphatic hydroxyl groups excluding tert-OH is 2. The Balaban J connectivity index is 2.10. The first-order chi connectivity index (χ1) is 10.2. The van der Waals surface area contributed by atoms with Crippen LogP contribution < -0.4 is 10.1 Å². The molecule has 0 aliphatic carbocycles. The summed E-state index contributed by atoms with van der Waals surface area (Å²) in [4.78, 5) is 0. The molecule has 1 aromatic carbocycles. The molecule has 0 heterocycles. The first-order valence-corrected chi connectivity index (χ1v) is 7.28. The van der Waals surface area contributed by atoms with Gasteiger partial charge in [0.25, 0.3) is 0 Å². The van der Waals surface area contributed by atoms with Crippen LogP contribution in [0.25, 0.3) is 0 Å². The normalized spacial score (nSPS) is 13.4. The molecule has 1 rings (SSSR count). The van der Waals surface area contributed by atoms with E-state index in [1.165, 1.54) is 0 Å². The lowest BCUT2D eigenvalue weighted by Crippen LogP contribution is -2.32. The smallest absolute Gasteiger partial charge is 0.119 e. The fraction of sp³-hybridized carbons (Fsp3) is 0.562. The van der Waals surface area contributed by atoms with E-state index in [9.17, 15) is 5.11 Å². The van der Waals surface area contributed by atoms with Crippen LogP contribution in [0.15, 0.2) is 24.3 Å². The molecule has 0 aliphatic rings. The number of nitrogens with zero attached hydrogens (tertiary/aromatic N) is 1. The number of benzene rings is 1. The van der Waals surface area contributed by atoms with E-state index in [-0.39, 0.29) is 13.2 Å². The summed E-state index contributed by atoms with van der Waals surface area (Å²) >= 11 is 0. The topological polar surface area (TPSA) is 85.5 Å². The van der Waals surface area contributed by atoms with Gasteiger partial charge in [-0.25, -0.2) is 0 Å². The van der Waals surface area contributed by atoms with E-state index in [2.05, 4.69) is 5.32 Å². The van der Waals surface area contributed by atoms with Crippen LogP contribution in [0.2, 0.25) is 0 Å².